The smallest absolute Gasteiger partial charge is 0.336 e. The number of hydrogen-bond acceptors (Lipinski definition) is 4. The number of ether oxygens (including phenoxy) is 1. The number of hydrogen-bond donors (Lipinski definition) is 1. The molecule has 124 valence electrons. The highest BCUT2D eigenvalue weighted by Gasteiger charge is 2.15. The first-order valence-electron chi connectivity index (χ1n) is 6.87. The van der Waals surface area contributed by atoms with Crippen LogP contribution < -0.4 is 4.74 Å². The Kier molecular flexibility index (Phi) is 5.21. The summed E-state index contributed by atoms with van der Waals surface area (Å²) in [7, 11) is 1.46. The van der Waals surface area contributed by atoms with Crippen LogP contribution in [0.2, 0.25) is 5.02 Å². The fourth-order valence-electron chi connectivity index (χ4n) is 2.18. The van der Waals surface area contributed by atoms with Gasteiger partial charge in [-0.15, -0.1) is 0 Å². The topological polar surface area (TPSA) is 89.7 Å². The van der Waals surface area contributed by atoms with Crippen molar-refractivity contribution < 1.29 is 19.6 Å². The number of aryl methyl sites for hydroxylation is 1. The molecule has 0 aliphatic carbocycles. The third-order valence-corrected chi connectivity index (χ3v) is 3.73. The number of carboxylic acid groups (broad SMARTS) is 1. The van der Waals surface area contributed by atoms with Crippen molar-refractivity contribution in [3.8, 4) is 5.75 Å². The zero-order chi connectivity index (χ0) is 17.9. The van der Waals surface area contributed by atoms with Crippen LogP contribution >= 0.6 is 11.6 Å². The molecule has 0 aliphatic heterocycles. The maximum Gasteiger partial charge on any atom is 0.336 e. The van der Waals surface area contributed by atoms with Crippen LogP contribution in [0, 0.1) is 17.0 Å². The van der Waals surface area contributed by atoms with E-state index in [0.29, 0.717) is 22.4 Å². The summed E-state index contributed by atoms with van der Waals surface area (Å²) in [5.74, 6) is -0.740. The maximum atomic E-state index is 11.6. The predicted molar refractivity (Wildman–Crippen MR) is 91.3 cm³/mol. The first-order valence-corrected chi connectivity index (χ1v) is 7.25. The maximum absolute atomic E-state index is 11.6. The molecule has 0 unspecified atom stereocenters. The van der Waals surface area contributed by atoms with Gasteiger partial charge in [-0.3, -0.25) is 10.1 Å². The molecule has 0 aromatic heterocycles. The molecule has 0 saturated carbocycles. The minimum absolute atomic E-state index is 0.0299. The highest BCUT2D eigenvalue weighted by atomic mass is 35.5. The van der Waals surface area contributed by atoms with Gasteiger partial charge < -0.3 is 9.84 Å². The van der Waals surface area contributed by atoms with Crippen molar-refractivity contribution in [2.24, 2.45) is 0 Å². The quantitative estimate of drug-likeness (QED) is 0.379. The lowest BCUT2D eigenvalue weighted by molar-refractivity contribution is -0.385. The number of methoxy groups -OCH3 is 1. The van der Waals surface area contributed by atoms with Gasteiger partial charge >= 0.3 is 5.97 Å². The zero-order valence-electron chi connectivity index (χ0n) is 12.9. The van der Waals surface area contributed by atoms with Crippen LogP contribution in [0.4, 0.5) is 5.69 Å². The molecule has 7 heteroatoms. The van der Waals surface area contributed by atoms with E-state index in [2.05, 4.69) is 0 Å². The molecule has 24 heavy (non-hydrogen) atoms. The standard InChI is InChI=1S/C17H14ClNO5/c1-10-3-4-11(8-15(10)19(22)23)7-13(17(20)21)12-5-6-16(24-2)14(18)9-12/h3-9H,1-2H3,(H,20,21)/b13-7-. The van der Waals surface area contributed by atoms with E-state index in [1.807, 2.05) is 0 Å². The molecule has 0 aliphatic rings. The number of halogens is 1. The van der Waals surface area contributed by atoms with Gasteiger partial charge in [-0.25, -0.2) is 4.79 Å². The summed E-state index contributed by atoms with van der Waals surface area (Å²) in [5, 5.41) is 20.8. The van der Waals surface area contributed by atoms with Crippen LogP contribution in [0.15, 0.2) is 36.4 Å². The number of carboxylic acids is 1. The fourth-order valence-corrected chi connectivity index (χ4v) is 2.44. The first-order chi connectivity index (χ1) is 11.3. The molecule has 0 bridgehead atoms. The molecule has 0 heterocycles. The van der Waals surface area contributed by atoms with Gasteiger partial charge in [-0.2, -0.15) is 0 Å². The summed E-state index contributed by atoms with van der Waals surface area (Å²) < 4.78 is 5.04. The highest BCUT2D eigenvalue weighted by molar-refractivity contribution is 6.32. The molecule has 6 nitrogen and oxygen atoms in total. The van der Waals surface area contributed by atoms with E-state index >= 15 is 0 Å². The summed E-state index contributed by atoms with van der Waals surface area (Å²) in [6, 6.07) is 9.13. The van der Waals surface area contributed by atoms with E-state index in [9.17, 15) is 20.0 Å². The molecule has 2 rings (SSSR count). The van der Waals surface area contributed by atoms with Crippen molar-refractivity contribution in [3.63, 3.8) is 0 Å². The van der Waals surface area contributed by atoms with Gasteiger partial charge in [-0.1, -0.05) is 29.8 Å². The molecule has 2 aromatic carbocycles. The second-order valence-electron chi connectivity index (χ2n) is 5.02. The van der Waals surface area contributed by atoms with Crippen LogP contribution in [0.3, 0.4) is 0 Å². The lowest BCUT2D eigenvalue weighted by Gasteiger charge is -2.07. The second-order valence-corrected chi connectivity index (χ2v) is 5.42. The van der Waals surface area contributed by atoms with Crippen LogP contribution in [-0.2, 0) is 4.79 Å². The Labute approximate surface area is 143 Å². The Balaban J connectivity index is 2.54. The molecule has 1 N–H and O–H groups in total. The molecule has 0 amide bonds. The third-order valence-electron chi connectivity index (χ3n) is 3.43. The van der Waals surface area contributed by atoms with Gasteiger partial charge in [0.2, 0.25) is 0 Å². The molecule has 0 radical (unpaired) electrons. The monoisotopic (exact) mass is 347 g/mol. The van der Waals surface area contributed by atoms with Gasteiger partial charge in [0.1, 0.15) is 5.75 Å². The normalized spacial score (nSPS) is 11.2. The lowest BCUT2D eigenvalue weighted by Crippen LogP contribution is -2.00. The van der Waals surface area contributed by atoms with E-state index in [-0.39, 0.29) is 16.3 Å². The number of nitro benzene ring substituents is 1. The van der Waals surface area contributed by atoms with Gasteiger partial charge in [0, 0.05) is 11.6 Å². The largest absolute Gasteiger partial charge is 0.495 e. The Morgan fingerprint density at radius 1 is 1.29 bits per heavy atom. The zero-order valence-corrected chi connectivity index (χ0v) is 13.7. The fraction of sp³-hybridized carbons (Fsp3) is 0.118. The van der Waals surface area contributed by atoms with E-state index in [1.165, 1.54) is 25.3 Å². The number of carbonyl (C=O) groups is 1. The van der Waals surface area contributed by atoms with E-state index in [0.717, 1.165) is 0 Å². The molecular formula is C17H14ClNO5. The average Bonchev–Trinajstić information content (AvgIpc) is 2.53. The van der Waals surface area contributed by atoms with Gasteiger partial charge in [0.05, 0.1) is 22.6 Å². The van der Waals surface area contributed by atoms with Crippen LogP contribution in [0.1, 0.15) is 16.7 Å². The van der Waals surface area contributed by atoms with Crippen molar-refractivity contribution in [2.75, 3.05) is 7.11 Å². The Hall–Kier alpha value is -2.86. The number of rotatable bonds is 5. The summed E-state index contributed by atoms with van der Waals surface area (Å²) >= 11 is 6.03. The number of benzene rings is 2. The molecule has 0 atom stereocenters. The van der Waals surface area contributed by atoms with Crippen molar-refractivity contribution in [3.05, 3.63) is 68.2 Å². The molecule has 0 fully saturated rings. The summed E-state index contributed by atoms with van der Waals surface area (Å²) in [5.41, 5.74) is 1.19. The van der Waals surface area contributed by atoms with Gasteiger partial charge in [0.15, 0.2) is 0 Å². The third kappa shape index (κ3) is 3.72. The molecule has 0 saturated heterocycles. The number of aliphatic carboxylic acids is 1. The Bertz CT molecular complexity index is 845. The van der Waals surface area contributed by atoms with Gasteiger partial charge in [-0.05, 0) is 36.3 Å². The average molecular weight is 348 g/mol. The van der Waals surface area contributed by atoms with Crippen molar-refractivity contribution in [2.45, 2.75) is 6.92 Å². The van der Waals surface area contributed by atoms with E-state index in [1.54, 1.807) is 31.2 Å². The summed E-state index contributed by atoms with van der Waals surface area (Å²) in [6.45, 7) is 1.62. The minimum Gasteiger partial charge on any atom is -0.495 e. The first kappa shape index (κ1) is 17.5. The highest BCUT2D eigenvalue weighted by Crippen LogP contribution is 2.30. The predicted octanol–water partition coefficient (Wildman–Crippen LogP) is 4.19. The lowest BCUT2D eigenvalue weighted by atomic mass is 10.0. The van der Waals surface area contributed by atoms with Crippen molar-refractivity contribution in [1.82, 2.24) is 0 Å². The van der Waals surface area contributed by atoms with Crippen LogP contribution in [-0.4, -0.2) is 23.1 Å². The number of nitrogens with zero attached hydrogens (tertiary/aromatic N) is 1. The Morgan fingerprint density at radius 2 is 2.00 bits per heavy atom. The number of nitro groups is 1. The minimum atomic E-state index is -1.17. The Morgan fingerprint density at radius 3 is 2.54 bits per heavy atom. The van der Waals surface area contributed by atoms with Crippen molar-refractivity contribution in [1.29, 1.82) is 0 Å². The van der Waals surface area contributed by atoms with Crippen molar-refractivity contribution >= 4 is 34.9 Å². The second kappa shape index (κ2) is 7.14. The molecule has 2 aromatic rings. The molecular weight excluding hydrogens is 334 g/mol. The SMILES string of the molecule is COc1ccc(/C(=C/c2ccc(C)c([N+](=O)[O-])c2)C(=O)O)cc1Cl. The molecule has 0 spiro atoms. The summed E-state index contributed by atoms with van der Waals surface area (Å²) in [4.78, 5) is 22.1. The van der Waals surface area contributed by atoms with E-state index in [4.69, 9.17) is 16.3 Å². The summed E-state index contributed by atoms with van der Waals surface area (Å²) in [6.07, 6.45) is 1.37. The van der Waals surface area contributed by atoms with Crippen LogP contribution in [0.5, 0.6) is 5.75 Å². The van der Waals surface area contributed by atoms with Gasteiger partial charge in [0.25, 0.3) is 5.69 Å². The van der Waals surface area contributed by atoms with Crippen LogP contribution in [0.25, 0.3) is 11.6 Å². The van der Waals surface area contributed by atoms with E-state index < -0.39 is 10.9 Å².